The molecule has 3 atom stereocenters. The number of aryl methyl sites for hydroxylation is 1. The Morgan fingerprint density at radius 2 is 1.80 bits per heavy atom. The fraction of sp³-hybridized carbons (Fsp3) is 0.489. The molecule has 4 N–H and O–H groups in total. The number of piperazine rings is 1. The lowest BCUT2D eigenvalue weighted by atomic mass is 10.0. The molecule has 7 heterocycles. The number of hydrogen-bond donors (Lipinski definition) is 4. The second kappa shape index (κ2) is 23.9. The Morgan fingerprint density at radius 1 is 1.00 bits per heavy atom. The van der Waals surface area contributed by atoms with Crippen LogP contribution in [-0.4, -0.2) is 141 Å². The van der Waals surface area contributed by atoms with Crippen molar-refractivity contribution >= 4 is 35.2 Å². The van der Waals surface area contributed by atoms with Gasteiger partial charge >= 0.3 is 0 Å². The lowest BCUT2D eigenvalue weighted by molar-refractivity contribution is -0.130. The molecule has 0 radical (unpaired) electrons. The van der Waals surface area contributed by atoms with Crippen molar-refractivity contribution < 1.29 is 29.1 Å². The van der Waals surface area contributed by atoms with Crippen LogP contribution < -0.4 is 20.3 Å². The van der Waals surface area contributed by atoms with Gasteiger partial charge in [-0.1, -0.05) is 70.5 Å². The van der Waals surface area contributed by atoms with Gasteiger partial charge in [0.05, 0.1) is 46.0 Å². The van der Waals surface area contributed by atoms with Crippen LogP contribution in [0.15, 0.2) is 70.7 Å². The Bertz CT molecular complexity index is 2220. The number of aliphatic hydroxyl groups is 1. The van der Waals surface area contributed by atoms with Crippen molar-refractivity contribution in [1.29, 1.82) is 0 Å². The topological polar surface area (TPSA) is 186 Å². The predicted molar refractivity (Wildman–Crippen MR) is 251 cm³/mol. The lowest BCUT2D eigenvalue weighted by Crippen LogP contribution is -2.60. The zero-order chi connectivity index (χ0) is 45.4. The molecule has 0 saturated carbocycles. The second-order valence-corrected chi connectivity index (χ2v) is 16.9. The smallest absolute Gasteiger partial charge is 0.254 e. The van der Waals surface area contributed by atoms with Crippen LogP contribution in [0.25, 0.3) is 21.7 Å². The molecule has 0 aliphatic carbocycles. The van der Waals surface area contributed by atoms with Crippen molar-refractivity contribution in [3.8, 4) is 33.3 Å². The van der Waals surface area contributed by atoms with Crippen LogP contribution in [0.2, 0.25) is 0 Å². The lowest BCUT2D eigenvalue weighted by Gasteiger charge is -2.47. The standard InChI is InChI=1S/C30H38N8O5.C12H12N2OS.C3H8.C2H6/c39-22-6-8-37(19-22)29(41)14-23-13-28(34-43-23)42-12-11-35-7-5-20(17-35)36-9-10-38-21(18-36)16-31-30-26(38)15-25(32-33-30)24-3-1-2-4-27(24)40;1-9-12(16-8-14-9)11-4-2-10(3-5-11)6-13-7-15;1-3-2;1-2/h1-4,13,15,20-22,39-40H,5-12,14,16-19H2,(H,31,33);2-5,7-8H,6H2,1H3,(H,13,15);3H2,1-2H3;1-2H3. The molecule has 0 bridgehead atoms. The quantitative estimate of drug-likeness (QED) is 0.109. The number of aromatic hydroxyl groups is 1. The van der Waals surface area contributed by atoms with Crippen molar-refractivity contribution in [3.05, 3.63) is 83.2 Å². The van der Waals surface area contributed by atoms with E-state index in [0.717, 1.165) is 75.0 Å². The number of nitrogens with one attached hydrogen (secondary N) is 2. The summed E-state index contributed by atoms with van der Waals surface area (Å²) < 4.78 is 11.1. The van der Waals surface area contributed by atoms with Crippen molar-refractivity contribution in [2.24, 2.45) is 0 Å². The fourth-order valence-electron chi connectivity index (χ4n) is 8.25. The van der Waals surface area contributed by atoms with E-state index in [2.05, 4.69) is 71.7 Å². The molecule has 64 heavy (non-hydrogen) atoms. The number of phenolic OH excluding ortho intramolecular Hbond substituents is 1. The Hall–Kier alpha value is -5.62. The van der Waals surface area contributed by atoms with E-state index in [1.807, 2.05) is 56.6 Å². The van der Waals surface area contributed by atoms with E-state index >= 15 is 0 Å². The molecule has 0 spiro atoms. The third-order valence-electron chi connectivity index (χ3n) is 11.4. The van der Waals surface area contributed by atoms with E-state index in [1.165, 1.54) is 16.9 Å². The number of para-hydroxylation sites is 1. The number of β-amino-alcohol motifs (C(OH)–C–C–N with tert-alkyl or cyclic N) is 1. The maximum Gasteiger partial charge on any atom is 0.254 e. The molecular formula is C47H64N10O6S. The zero-order valence-electron chi connectivity index (χ0n) is 37.8. The summed E-state index contributed by atoms with van der Waals surface area (Å²) in [6.45, 7) is 18.8. The Labute approximate surface area is 380 Å². The molecule has 3 saturated heterocycles. The third kappa shape index (κ3) is 12.5. The van der Waals surface area contributed by atoms with Crippen LogP contribution in [0.3, 0.4) is 0 Å². The summed E-state index contributed by atoms with van der Waals surface area (Å²) in [5.74, 6) is 1.81. The number of thiazole rings is 1. The summed E-state index contributed by atoms with van der Waals surface area (Å²) in [4.78, 5) is 37.1. The van der Waals surface area contributed by atoms with Crippen molar-refractivity contribution in [3.63, 3.8) is 0 Å². The van der Waals surface area contributed by atoms with Crippen LogP contribution in [0.1, 0.15) is 64.0 Å². The summed E-state index contributed by atoms with van der Waals surface area (Å²) >= 11 is 1.64. The van der Waals surface area contributed by atoms with Gasteiger partial charge in [-0.25, -0.2) is 4.98 Å². The number of nitrogens with zero attached hydrogens (tertiary/aromatic N) is 8. The number of amides is 2. The van der Waals surface area contributed by atoms with Crippen molar-refractivity contribution in [1.82, 2.24) is 40.4 Å². The summed E-state index contributed by atoms with van der Waals surface area (Å²) in [6.07, 6.45) is 3.39. The van der Waals surface area contributed by atoms with E-state index in [9.17, 15) is 19.8 Å². The largest absolute Gasteiger partial charge is 0.507 e. The van der Waals surface area contributed by atoms with Crippen LogP contribution in [0.4, 0.5) is 11.5 Å². The van der Waals surface area contributed by atoms with Crippen LogP contribution in [0.5, 0.6) is 11.6 Å². The number of fused-ring (bicyclic) bond motifs is 3. The highest BCUT2D eigenvalue weighted by molar-refractivity contribution is 7.13. The number of benzene rings is 2. The zero-order valence-corrected chi connectivity index (χ0v) is 38.6. The molecule has 2 amide bonds. The molecule has 3 aromatic heterocycles. The van der Waals surface area contributed by atoms with Gasteiger partial charge in [0.15, 0.2) is 5.82 Å². The van der Waals surface area contributed by atoms with Crippen molar-refractivity contribution in [2.75, 3.05) is 75.7 Å². The minimum absolute atomic E-state index is 0.0673. The van der Waals surface area contributed by atoms with Gasteiger partial charge in [-0.3, -0.25) is 19.4 Å². The average Bonchev–Trinajstić information content (AvgIpc) is 4.16. The normalized spacial score (nSPS) is 19.1. The number of carbonyl (C=O) groups excluding carboxylic acids is 2. The van der Waals surface area contributed by atoms with Gasteiger partial charge in [-0.15, -0.1) is 21.5 Å². The maximum absolute atomic E-state index is 12.4. The summed E-state index contributed by atoms with van der Waals surface area (Å²) in [7, 11) is 0. The summed E-state index contributed by atoms with van der Waals surface area (Å²) in [5.41, 5.74) is 7.59. The highest BCUT2D eigenvalue weighted by Crippen LogP contribution is 2.36. The molecule has 2 aromatic carbocycles. The number of phenols is 1. The number of hydrogen-bond acceptors (Lipinski definition) is 15. The van der Waals surface area contributed by atoms with Gasteiger partial charge in [0.2, 0.25) is 12.3 Å². The summed E-state index contributed by atoms with van der Waals surface area (Å²) in [5, 5.41) is 38.8. The Morgan fingerprint density at radius 3 is 2.52 bits per heavy atom. The number of ether oxygens (including phenoxy) is 1. The number of carbonyl (C=O) groups is 2. The molecule has 4 aliphatic heterocycles. The van der Waals surface area contributed by atoms with Crippen molar-refractivity contribution in [2.45, 2.75) is 85.0 Å². The molecular weight excluding hydrogens is 833 g/mol. The van der Waals surface area contributed by atoms with Gasteiger partial charge in [-0.2, -0.15) is 0 Å². The predicted octanol–water partition coefficient (Wildman–Crippen LogP) is 5.85. The molecule has 5 aromatic rings. The highest BCUT2D eigenvalue weighted by Gasteiger charge is 2.37. The van der Waals surface area contributed by atoms with E-state index in [-0.39, 0.29) is 18.1 Å². The molecule has 4 aliphatic rings. The van der Waals surface area contributed by atoms with Gasteiger partial charge in [0.1, 0.15) is 18.1 Å². The fourth-order valence-corrected chi connectivity index (χ4v) is 9.06. The number of aromatic nitrogens is 4. The molecule has 344 valence electrons. The Kier molecular flexibility index (Phi) is 17.9. The number of aliphatic hydroxyl groups excluding tert-OH is 1. The van der Waals surface area contributed by atoms with E-state index in [4.69, 9.17) is 9.26 Å². The minimum atomic E-state index is -0.435. The SMILES string of the molecule is CC.CCC.Cc1ncsc1-c1ccc(CNC=O)cc1.O=C(Cc1cc(OCCN2CCC(N3CCN4c5cc(-c6ccccc6O)nnc5NCC4C3)C2)no1)N1CCC(O)C1. The molecule has 3 unspecified atom stereocenters. The van der Waals surface area contributed by atoms with Gasteiger partial charge in [0, 0.05) is 76.6 Å². The van der Waals surface area contributed by atoms with Crippen LogP contribution >= 0.6 is 11.3 Å². The van der Waals surface area contributed by atoms with Gasteiger partial charge in [-0.05, 0) is 60.8 Å². The van der Waals surface area contributed by atoms with E-state index < -0.39 is 6.10 Å². The number of rotatable bonds is 12. The van der Waals surface area contributed by atoms with Gasteiger partial charge < -0.3 is 39.9 Å². The van der Waals surface area contributed by atoms with E-state index in [0.29, 0.717) is 74.1 Å². The first-order valence-corrected chi connectivity index (χ1v) is 23.4. The first kappa shape index (κ1) is 47.8. The number of likely N-dealkylation sites (tertiary alicyclic amines) is 2. The highest BCUT2D eigenvalue weighted by atomic mass is 32.1. The van der Waals surface area contributed by atoms with Crippen LogP contribution in [0, 0.1) is 6.92 Å². The summed E-state index contributed by atoms with van der Waals surface area (Å²) in [6, 6.07) is 20.0. The maximum atomic E-state index is 12.4. The molecule has 16 nitrogen and oxygen atoms in total. The van der Waals surface area contributed by atoms with E-state index in [1.54, 1.807) is 34.4 Å². The monoisotopic (exact) mass is 896 g/mol. The second-order valence-electron chi connectivity index (χ2n) is 16.1. The minimum Gasteiger partial charge on any atom is -0.507 e. The van der Waals surface area contributed by atoms with Crippen LogP contribution in [-0.2, 0) is 22.6 Å². The molecule has 9 rings (SSSR count). The molecule has 3 fully saturated rings. The van der Waals surface area contributed by atoms with Gasteiger partial charge in [0.25, 0.3) is 5.88 Å². The Balaban J connectivity index is 0.000000270. The third-order valence-corrected chi connectivity index (χ3v) is 12.4. The number of anilines is 2. The first-order chi connectivity index (χ1) is 31.2. The molecule has 17 heteroatoms. The average molecular weight is 897 g/mol. The first-order valence-electron chi connectivity index (χ1n) is 22.6.